The third-order valence-corrected chi connectivity index (χ3v) is 2.98. The summed E-state index contributed by atoms with van der Waals surface area (Å²) < 4.78 is 0. The Balaban J connectivity index is 2.72. The van der Waals surface area contributed by atoms with Gasteiger partial charge in [0, 0.05) is 17.8 Å². The molecule has 0 spiro atoms. The van der Waals surface area contributed by atoms with E-state index in [-0.39, 0.29) is 23.5 Å². The maximum atomic E-state index is 11.9. The Kier molecular flexibility index (Phi) is 5.30. The number of hydrogen-bond donors (Lipinski definition) is 2. The molecule has 1 aromatic heterocycles. The molecule has 0 fully saturated rings. The maximum absolute atomic E-state index is 11.9. The lowest BCUT2D eigenvalue weighted by atomic mass is 9.96. The van der Waals surface area contributed by atoms with Crippen LogP contribution >= 0.6 is 11.6 Å². The highest BCUT2D eigenvalue weighted by Crippen LogP contribution is 2.12. The molecule has 1 heterocycles. The van der Waals surface area contributed by atoms with Crippen molar-refractivity contribution in [3.63, 3.8) is 0 Å². The van der Waals surface area contributed by atoms with E-state index < -0.39 is 11.9 Å². The third kappa shape index (κ3) is 4.52. The van der Waals surface area contributed by atoms with Gasteiger partial charge in [0.25, 0.3) is 5.91 Å². The molecule has 1 aromatic rings. The van der Waals surface area contributed by atoms with Crippen molar-refractivity contribution >= 4 is 23.5 Å². The van der Waals surface area contributed by atoms with Crippen molar-refractivity contribution in [3.8, 4) is 0 Å². The van der Waals surface area contributed by atoms with Crippen molar-refractivity contribution in [2.75, 3.05) is 6.54 Å². The van der Waals surface area contributed by atoms with Gasteiger partial charge in [0.05, 0.1) is 5.92 Å². The summed E-state index contributed by atoms with van der Waals surface area (Å²) in [5.74, 6) is -1.93. The summed E-state index contributed by atoms with van der Waals surface area (Å²) in [5.41, 5.74) is 1.02. The largest absolute Gasteiger partial charge is 0.481 e. The summed E-state index contributed by atoms with van der Waals surface area (Å²) in [6, 6.07) is 3.06. The molecular weight excluding hydrogens is 268 g/mol. The number of aryl methyl sites for hydroxylation is 1. The van der Waals surface area contributed by atoms with Gasteiger partial charge in [-0.1, -0.05) is 25.4 Å². The first kappa shape index (κ1) is 15.4. The molecule has 0 radical (unpaired) electrons. The lowest BCUT2D eigenvalue weighted by Crippen LogP contribution is -2.35. The van der Waals surface area contributed by atoms with Crippen LogP contribution in [0, 0.1) is 18.8 Å². The van der Waals surface area contributed by atoms with E-state index in [9.17, 15) is 9.59 Å². The Morgan fingerprint density at radius 3 is 2.53 bits per heavy atom. The number of carbonyl (C=O) groups is 2. The lowest BCUT2D eigenvalue weighted by Gasteiger charge is -2.16. The molecule has 0 saturated carbocycles. The van der Waals surface area contributed by atoms with E-state index in [2.05, 4.69) is 10.3 Å². The number of aliphatic carboxylic acids is 1. The predicted molar refractivity (Wildman–Crippen MR) is 72.3 cm³/mol. The van der Waals surface area contributed by atoms with Gasteiger partial charge < -0.3 is 10.4 Å². The second-order valence-corrected chi connectivity index (χ2v) is 5.11. The molecule has 6 heteroatoms. The number of rotatable bonds is 5. The number of carboxylic acids is 1. The summed E-state index contributed by atoms with van der Waals surface area (Å²) in [6.45, 7) is 5.43. The van der Waals surface area contributed by atoms with Gasteiger partial charge in [-0.2, -0.15) is 0 Å². The fraction of sp³-hybridized carbons (Fsp3) is 0.462. The maximum Gasteiger partial charge on any atom is 0.308 e. The fourth-order valence-corrected chi connectivity index (χ4v) is 1.92. The van der Waals surface area contributed by atoms with Crippen molar-refractivity contribution in [1.29, 1.82) is 0 Å². The Morgan fingerprint density at radius 2 is 2.05 bits per heavy atom. The van der Waals surface area contributed by atoms with E-state index >= 15 is 0 Å². The number of carbonyl (C=O) groups excluding carboxylic acids is 1. The third-order valence-electron chi connectivity index (χ3n) is 2.79. The molecule has 19 heavy (non-hydrogen) atoms. The van der Waals surface area contributed by atoms with Crippen LogP contribution in [0.25, 0.3) is 0 Å². The van der Waals surface area contributed by atoms with Crippen LogP contribution in [0.1, 0.15) is 29.9 Å². The van der Waals surface area contributed by atoms with Gasteiger partial charge in [-0.15, -0.1) is 0 Å². The van der Waals surface area contributed by atoms with Crippen LogP contribution in [0.4, 0.5) is 0 Å². The quantitative estimate of drug-likeness (QED) is 0.812. The van der Waals surface area contributed by atoms with Gasteiger partial charge in [-0.3, -0.25) is 9.59 Å². The summed E-state index contributed by atoms with van der Waals surface area (Å²) in [4.78, 5) is 26.9. The standard InChI is InChI=1S/C13H17ClN2O3/c1-7(2)10(13(18)19)6-15-12(17)9-4-8(3)16-11(14)5-9/h4-5,7,10H,6H2,1-3H3,(H,15,17)(H,18,19). The number of aromatic nitrogens is 1. The number of nitrogens with one attached hydrogen (secondary N) is 1. The number of halogens is 1. The average molecular weight is 285 g/mol. The normalized spacial score (nSPS) is 12.3. The first-order valence-corrected chi connectivity index (χ1v) is 6.34. The lowest BCUT2D eigenvalue weighted by molar-refractivity contribution is -0.142. The minimum Gasteiger partial charge on any atom is -0.481 e. The van der Waals surface area contributed by atoms with E-state index in [0.29, 0.717) is 11.3 Å². The van der Waals surface area contributed by atoms with E-state index in [1.165, 1.54) is 6.07 Å². The molecule has 0 aliphatic rings. The Hall–Kier alpha value is -1.62. The fourth-order valence-electron chi connectivity index (χ4n) is 1.67. The van der Waals surface area contributed by atoms with Crippen molar-refractivity contribution in [2.45, 2.75) is 20.8 Å². The molecule has 0 aliphatic carbocycles. The molecule has 2 N–H and O–H groups in total. The molecule has 0 aliphatic heterocycles. The van der Waals surface area contributed by atoms with Crippen LogP contribution in [0.2, 0.25) is 5.15 Å². The average Bonchev–Trinajstić information content (AvgIpc) is 2.26. The number of hydrogen-bond acceptors (Lipinski definition) is 3. The zero-order chi connectivity index (χ0) is 14.6. The monoisotopic (exact) mass is 284 g/mol. The Labute approximate surface area is 117 Å². The molecular formula is C13H17ClN2O3. The van der Waals surface area contributed by atoms with Crippen molar-refractivity contribution in [3.05, 3.63) is 28.5 Å². The highest BCUT2D eigenvalue weighted by Gasteiger charge is 2.22. The van der Waals surface area contributed by atoms with Gasteiger partial charge >= 0.3 is 5.97 Å². The SMILES string of the molecule is Cc1cc(C(=O)NCC(C(=O)O)C(C)C)cc(Cl)n1. The van der Waals surface area contributed by atoms with Crippen LogP contribution in [0.5, 0.6) is 0 Å². The van der Waals surface area contributed by atoms with Crippen molar-refractivity contribution in [1.82, 2.24) is 10.3 Å². The van der Waals surface area contributed by atoms with Crippen molar-refractivity contribution in [2.24, 2.45) is 11.8 Å². The van der Waals surface area contributed by atoms with Gasteiger partial charge in [-0.25, -0.2) is 4.98 Å². The van der Waals surface area contributed by atoms with Crippen LogP contribution in [0.15, 0.2) is 12.1 Å². The molecule has 0 bridgehead atoms. The van der Waals surface area contributed by atoms with Crippen molar-refractivity contribution < 1.29 is 14.7 Å². The molecule has 1 rings (SSSR count). The van der Waals surface area contributed by atoms with Gasteiger partial charge in [0.15, 0.2) is 0 Å². The minimum absolute atomic E-state index is 0.0550. The van der Waals surface area contributed by atoms with E-state index in [4.69, 9.17) is 16.7 Å². The second-order valence-electron chi connectivity index (χ2n) is 4.72. The van der Waals surface area contributed by atoms with Crippen LogP contribution in [0.3, 0.4) is 0 Å². The van der Waals surface area contributed by atoms with Gasteiger partial charge in [0.2, 0.25) is 0 Å². The smallest absolute Gasteiger partial charge is 0.308 e. The molecule has 1 amide bonds. The Morgan fingerprint density at radius 1 is 1.42 bits per heavy atom. The second kappa shape index (κ2) is 6.52. The zero-order valence-corrected chi connectivity index (χ0v) is 11.9. The first-order valence-electron chi connectivity index (χ1n) is 5.96. The van der Waals surface area contributed by atoms with E-state index in [0.717, 1.165) is 0 Å². The van der Waals surface area contributed by atoms with Crippen LogP contribution in [-0.4, -0.2) is 28.5 Å². The minimum atomic E-state index is -0.917. The van der Waals surface area contributed by atoms with Crippen LogP contribution < -0.4 is 5.32 Å². The predicted octanol–water partition coefficient (Wildman–Crippen LogP) is 2.13. The zero-order valence-electron chi connectivity index (χ0n) is 11.1. The molecule has 0 saturated heterocycles. The molecule has 5 nitrogen and oxygen atoms in total. The Bertz CT molecular complexity index is 469. The topological polar surface area (TPSA) is 79.3 Å². The van der Waals surface area contributed by atoms with E-state index in [1.807, 2.05) is 0 Å². The number of carboxylic acid groups (broad SMARTS) is 1. The molecule has 1 unspecified atom stereocenters. The highest BCUT2D eigenvalue weighted by molar-refractivity contribution is 6.29. The molecule has 1 atom stereocenters. The highest BCUT2D eigenvalue weighted by atomic mass is 35.5. The molecule has 104 valence electrons. The summed E-state index contributed by atoms with van der Waals surface area (Å²) in [5, 5.41) is 11.9. The molecule has 0 aromatic carbocycles. The summed E-state index contributed by atoms with van der Waals surface area (Å²) in [7, 11) is 0. The van der Waals surface area contributed by atoms with Crippen LogP contribution in [-0.2, 0) is 4.79 Å². The summed E-state index contributed by atoms with van der Waals surface area (Å²) in [6.07, 6.45) is 0. The number of nitrogens with zero attached hydrogens (tertiary/aromatic N) is 1. The van der Waals surface area contributed by atoms with E-state index in [1.54, 1.807) is 26.8 Å². The number of pyridine rings is 1. The number of amides is 1. The van der Waals surface area contributed by atoms with Gasteiger partial charge in [0.1, 0.15) is 5.15 Å². The first-order chi connectivity index (χ1) is 8.81. The van der Waals surface area contributed by atoms with Gasteiger partial charge in [-0.05, 0) is 25.0 Å². The summed E-state index contributed by atoms with van der Waals surface area (Å²) >= 11 is 5.77.